The third-order valence-corrected chi connectivity index (χ3v) is 2.80. The minimum absolute atomic E-state index is 0.136. The average Bonchev–Trinajstić information content (AvgIpc) is 2.44. The van der Waals surface area contributed by atoms with E-state index in [9.17, 15) is 4.79 Å². The van der Waals surface area contributed by atoms with E-state index in [2.05, 4.69) is 0 Å². The summed E-state index contributed by atoms with van der Waals surface area (Å²) < 4.78 is 0. The molecule has 0 saturated carbocycles. The van der Waals surface area contributed by atoms with Gasteiger partial charge in [-0.05, 0) is 25.0 Å². The van der Waals surface area contributed by atoms with Gasteiger partial charge in [-0.2, -0.15) is 0 Å². The molecule has 0 atom stereocenters. The zero-order chi connectivity index (χ0) is 11.0. The molecule has 15 heavy (non-hydrogen) atoms. The van der Waals surface area contributed by atoms with E-state index in [-0.39, 0.29) is 5.91 Å². The second-order valence-corrected chi connectivity index (χ2v) is 4.18. The Balaban J connectivity index is 2.43. The first-order valence-corrected chi connectivity index (χ1v) is 5.12. The van der Waals surface area contributed by atoms with Gasteiger partial charge in [0.05, 0.1) is 0 Å². The van der Waals surface area contributed by atoms with Crippen molar-refractivity contribution < 1.29 is 4.79 Å². The largest absolute Gasteiger partial charge is 0.338 e. The lowest BCUT2D eigenvalue weighted by Gasteiger charge is -2.08. The van der Waals surface area contributed by atoms with E-state index in [1.54, 1.807) is 4.90 Å². The highest BCUT2D eigenvalue weighted by Gasteiger charge is 2.25. The van der Waals surface area contributed by atoms with Gasteiger partial charge < -0.3 is 4.90 Å². The van der Waals surface area contributed by atoms with Crippen molar-refractivity contribution in [3.8, 4) is 0 Å². The maximum absolute atomic E-state index is 11.9. The molecule has 1 aromatic rings. The van der Waals surface area contributed by atoms with Crippen molar-refractivity contribution in [1.29, 1.82) is 0 Å². The molecular weight excluding hydrogens is 186 g/mol. The summed E-state index contributed by atoms with van der Waals surface area (Å²) in [4.78, 5) is 13.6. The molecule has 0 unspecified atom stereocenters. The zero-order valence-electron chi connectivity index (χ0n) is 9.37. The molecule has 2 nitrogen and oxygen atoms in total. The molecular formula is C13H15NO. The highest BCUT2D eigenvalue weighted by molar-refractivity contribution is 6.22. The topological polar surface area (TPSA) is 20.3 Å². The first kappa shape index (κ1) is 9.97. The van der Waals surface area contributed by atoms with Crippen LogP contribution in [0.5, 0.6) is 0 Å². The second kappa shape index (κ2) is 3.54. The highest BCUT2D eigenvalue weighted by atomic mass is 16.2. The van der Waals surface area contributed by atoms with Gasteiger partial charge in [0.25, 0.3) is 5.91 Å². The molecule has 1 aliphatic heterocycles. The van der Waals surface area contributed by atoms with E-state index in [1.165, 1.54) is 5.56 Å². The first-order chi connectivity index (χ1) is 7.09. The van der Waals surface area contributed by atoms with Crippen molar-refractivity contribution in [2.24, 2.45) is 0 Å². The Labute approximate surface area is 90.2 Å². The lowest BCUT2D eigenvalue weighted by molar-refractivity contribution is -0.122. The average molecular weight is 201 g/mol. The molecule has 2 heteroatoms. The second-order valence-electron chi connectivity index (χ2n) is 4.18. The highest BCUT2D eigenvalue weighted by Crippen LogP contribution is 2.26. The van der Waals surface area contributed by atoms with Crippen molar-refractivity contribution in [3.05, 3.63) is 41.0 Å². The normalized spacial score (nSPS) is 16.5. The van der Waals surface area contributed by atoms with Crippen molar-refractivity contribution in [1.82, 2.24) is 4.90 Å². The van der Waals surface area contributed by atoms with E-state index < -0.39 is 0 Å². The summed E-state index contributed by atoms with van der Waals surface area (Å²) in [6.07, 6.45) is 0. The molecule has 78 valence electrons. The molecule has 0 bridgehead atoms. The van der Waals surface area contributed by atoms with Crippen molar-refractivity contribution in [2.45, 2.75) is 13.8 Å². The van der Waals surface area contributed by atoms with Gasteiger partial charge in [-0.1, -0.05) is 29.8 Å². The number of rotatable bonds is 1. The minimum atomic E-state index is 0.136. The number of benzene rings is 1. The van der Waals surface area contributed by atoms with E-state index in [0.29, 0.717) is 0 Å². The lowest BCUT2D eigenvalue weighted by atomic mass is 10.0. The summed E-state index contributed by atoms with van der Waals surface area (Å²) in [5, 5.41) is 0. The zero-order valence-corrected chi connectivity index (χ0v) is 9.37. The van der Waals surface area contributed by atoms with Gasteiger partial charge in [0.15, 0.2) is 0 Å². The van der Waals surface area contributed by atoms with Crippen LogP contribution in [0, 0.1) is 6.92 Å². The molecule has 1 aliphatic rings. The third-order valence-electron chi connectivity index (χ3n) is 2.80. The first-order valence-electron chi connectivity index (χ1n) is 5.12. The number of likely N-dealkylation sites (N-methyl/N-ethyl adjacent to an activating group) is 1. The summed E-state index contributed by atoms with van der Waals surface area (Å²) in [5.41, 5.74) is 4.28. The van der Waals surface area contributed by atoms with Crippen LogP contribution in [0.15, 0.2) is 29.8 Å². The number of amides is 1. The van der Waals surface area contributed by atoms with E-state index in [0.717, 1.165) is 23.3 Å². The van der Waals surface area contributed by atoms with Crippen LogP contribution >= 0.6 is 0 Å². The Morgan fingerprint density at radius 1 is 1.13 bits per heavy atom. The van der Waals surface area contributed by atoms with E-state index in [4.69, 9.17) is 0 Å². The molecule has 0 fully saturated rings. The van der Waals surface area contributed by atoms with Crippen LogP contribution in [0.4, 0.5) is 0 Å². The molecule has 1 aromatic carbocycles. The van der Waals surface area contributed by atoms with Gasteiger partial charge in [0.1, 0.15) is 0 Å². The number of carbonyl (C=O) groups is 1. The summed E-state index contributed by atoms with van der Waals surface area (Å²) in [5.74, 6) is 0.136. The summed E-state index contributed by atoms with van der Waals surface area (Å²) in [7, 11) is 1.84. The Morgan fingerprint density at radius 3 is 2.20 bits per heavy atom. The van der Waals surface area contributed by atoms with Crippen LogP contribution in [0.1, 0.15) is 18.1 Å². The fraction of sp³-hybridized carbons (Fsp3) is 0.308. The standard InChI is InChI=1S/C13H15NO/c1-9-4-6-11(7-5-9)12-10(2)8-14(3)13(12)15/h4-7H,8H2,1-3H3. The van der Waals surface area contributed by atoms with Gasteiger partial charge in [-0.3, -0.25) is 4.79 Å². The molecule has 1 amide bonds. The van der Waals surface area contributed by atoms with Crippen LogP contribution in [0.2, 0.25) is 0 Å². The number of hydrogen-bond donors (Lipinski definition) is 0. The van der Waals surface area contributed by atoms with Crippen LogP contribution < -0.4 is 0 Å². The van der Waals surface area contributed by atoms with Crippen molar-refractivity contribution in [3.63, 3.8) is 0 Å². The molecule has 0 aliphatic carbocycles. The fourth-order valence-electron chi connectivity index (χ4n) is 1.97. The third kappa shape index (κ3) is 1.67. The molecule has 2 rings (SSSR count). The van der Waals surface area contributed by atoms with Gasteiger partial charge >= 0.3 is 0 Å². The molecule has 0 spiro atoms. The van der Waals surface area contributed by atoms with Crippen LogP contribution in [-0.2, 0) is 4.79 Å². The maximum atomic E-state index is 11.9. The minimum Gasteiger partial charge on any atom is -0.338 e. The maximum Gasteiger partial charge on any atom is 0.254 e. The van der Waals surface area contributed by atoms with Gasteiger partial charge in [-0.15, -0.1) is 0 Å². The fourth-order valence-corrected chi connectivity index (χ4v) is 1.97. The molecule has 1 heterocycles. The molecule has 0 N–H and O–H groups in total. The Morgan fingerprint density at radius 2 is 1.73 bits per heavy atom. The molecule has 0 saturated heterocycles. The number of hydrogen-bond acceptors (Lipinski definition) is 1. The number of carbonyl (C=O) groups excluding carboxylic acids is 1. The number of aryl methyl sites for hydroxylation is 1. The van der Waals surface area contributed by atoms with Crippen LogP contribution in [-0.4, -0.2) is 24.4 Å². The lowest BCUT2D eigenvalue weighted by Crippen LogP contribution is -2.21. The Hall–Kier alpha value is -1.57. The summed E-state index contributed by atoms with van der Waals surface area (Å²) in [6, 6.07) is 8.12. The number of nitrogens with zero attached hydrogens (tertiary/aromatic N) is 1. The smallest absolute Gasteiger partial charge is 0.254 e. The van der Waals surface area contributed by atoms with Crippen LogP contribution in [0.25, 0.3) is 5.57 Å². The summed E-state index contributed by atoms with van der Waals surface area (Å²) >= 11 is 0. The predicted octanol–water partition coefficient (Wildman–Crippen LogP) is 2.24. The van der Waals surface area contributed by atoms with E-state index >= 15 is 0 Å². The Kier molecular flexibility index (Phi) is 2.35. The monoisotopic (exact) mass is 201 g/mol. The van der Waals surface area contributed by atoms with Crippen molar-refractivity contribution >= 4 is 11.5 Å². The van der Waals surface area contributed by atoms with Gasteiger partial charge in [0, 0.05) is 19.2 Å². The SMILES string of the molecule is CC1=C(c2ccc(C)cc2)C(=O)N(C)C1. The van der Waals surface area contributed by atoms with E-state index in [1.807, 2.05) is 45.2 Å². The Bertz CT molecular complexity index is 428. The quantitative estimate of drug-likeness (QED) is 0.682. The molecule has 0 aromatic heterocycles. The van der Waals surface area contributed by atoms with Gasteiger partial charge in [0.2, 0.25) is 0 Å². The molecule has 0 radical (unpaired) electrons. The summed E-state index contributed by atoms with van der Waals surface area (Å²) in [6.45, 7) is 4.83. The van der Waals surface area contributed by atoms with Gasteiger partial charge in [-0.25, -0.2) is 0 Å². The van der Waals surface area contributed by atoms with Crippen LogP contribution in [0.3, 0.4) is 0 Å². The van der Waals surface area contributed by atoms with Crippen molar-refractivity contribution in [2.75, 3.05) is 13.6 Å². The predicted molar refractivity (Wildman–Crippen MR) is 61.4 cm³/mol.